The number of hydrogen-bond acceptors (Lipinski definition) is 4. The van der Waals surface area contributed by atoms with Crippen LogP contribution in [-0.4, -0.2) is 10.8 Å². The van der Waals surface area contributed by atoms with Crippen LogP contribution in [0, 0.1) is 10.1 Å². The minimum Gasteiger partial charge on any atom is -0.351 e. The molecule has 3 aromatic carbocycles. The van der Waals surface area contributed by atoms with Gasteiger partial charge in [-0.15, -0.1) is 0 Å². The van der Waals surface area contributed by atoms with Crippen LogP contribution in [0.1, 0.15) is 11.6 Å². The van der Waals surface area contributed by atoms with Gasteiger partial charge in [-0.25, -0.2) is 0 Å². The second-order valence-corrected chi connectivity index (χ2v) is 7.53. The summed E-state index contributed by atoms with van der Waals surface area (Å²) >= 11 is 11.9. The average Bonchev–Trinajstić information content (AvgIpc) is 3.06. The Balaban J connectivity index is 1.75. The summed E-state index contributed by atoms with van der Waals surface area (Å²) in [6.07, 6.45) is 1.75. The lowest BCUT2D eigenvalue weighted by atomic mass is 10.1. The maximum Gasteiger partial charge on any atom is 0.275 e. The van der Waals surface area contributed by atoms with E-state index < -0.39 is 11.0 Å². The highest BCUT2D eigenvalue weighted by molar-refractivity contribution is 6.31. The van der Waals surface area contributed by atoms with E-state index in [1.807, 2.05) is 0 Å². The quantitative estimate of drug-likeness (QED) is 0.391. The van der Waals surface area contributed by atoms with E-state index in [-0.39, 0.29) is 11.6 Å². The van der Waals surface area contributed by atoms with Crippen molar-refractivity contribution in [1.29, 1.82) is 0 Å². The van der Waals surface area contributed by atoms with Gasteiger partial charge < -0.3 is 5.32 Å². The molecular weight excluding hydrogens is 425 g/mol. The third-order valence-electron chi connectivity index (χ3n) is 4.70. The first-order valence-corrected chi connectivity index (χ1v) is 9.76. The molecule has 0 bridgehead atoms. The first-order chi connectivity index (χ1) is 14.4. The van der Waals surface area contributed by atoms with Crippen LogP contribution in [0.25, 0.3) is 0 Å². The van der Waals surface area contributed by atoms with Gasteiger partial charge in [-0.3, -0.25) is 19.8 Å². The van der Waals surface area contributed by atoms with Gasteiger partial charge in [-0.1, -0.05) is 35.3 Å². The molecule has 0 radical (unpaired) electrons. The topological polar surface area (TPSA) is 75.5 Å². The number of benzene rings is 3. The van der Waals surface area contributed by atoms with Crippen LogP contribution in [0.3, 0.4) is 0 Å². The summed E-state index contributed by atoms with van der Waals surface area (Å²) in [7, 11) is 0. The number of carbonyl (C=O) groups excluding carboxylic acids is 1. The molecule has 1 aliphatic rings. The van der Waals surface area contributed by atoms with Crippen molar-refractivity contribution in [2.45, 2.75) is 6.04 Å². The summed E-state index contributed by atoms with van der Waals surface area (Å²) in [5.74, 6) is -0.260. The van der Waals surface area contributed by atoms with Crippen molar-refractivity contribution in [3.8, 4) is 0 Å². The molecule has 1 atom stereocenters. The van der Waals surface area contributed by atoms with Gasteiger partial charge in [0.2, 0.25) is 0 Å². The van der Waals surface area contributed by atoms with Gasteiger partial charge in [-0.2, -0.15) is 0 Å². The summed E-state index contributed by atoms with van der Waals surface area (Å²) < 4.78 is 0. The number of nitro groups is 1. The molecule has 1 amide bonds. The van der Waals surface area contributed by atoms with Crippen LogP contribution in [0.15, 0.2) is 84.6 Å². The van der Waals surface area contributed by atoms with E-state index in [2.05, 4.69) is 5.32 Å². The van der Waals surface area contributed by atoms with Gasteiger partial charge in [0.1, 0.15) is 5.70 Å². The molecule has 0 unspecified atom stereocenters. The zero-order chi connectivity index (χ0) is 21.3. The van der Waals surface area contributed by atoms with E-state index in [0.717, 1.165) is 0 Å². The zero-order valence-electron chi connectivity index (χ0n) is 15.5. The maximum absolute atomic E-state index is 13.3. The second-order valence-electron chi connectivity index (χ2n) is 6.66. The lowest BCUT2D eigenvalue weighted by Crippen LogP contribution is -2.30. The SMILES string of the molecule is O=C1C(Nc2ccc(Cl)cc2)=C[C@@H](c2cccc([N+](=O)[O-])c2)N1c1ccc(Cl)cc1. The van der Waals surface area contributed by atoms with Crippen LogP contribution >= 0.6 is 23.2 Å². The van der Waals surface area contributed by atoms with E-state index in [9.17, 15) is 14.9 Å². The number of rotatable bonds is 5. The van der Waals surface area contributed by atoms with Crippen molar-refractivity contribution < 1.29 is 9.72 Å². The molecule has 30 heavy (non-hydrogen) atoms. The van der Waals surface area contributed by atoms with Crippen LogP contribution in [0.5, 0.6) is 0 Å². The summed E-state index contributed by atoms with van der Waals surface area (Å²) in [5.41, 5.74) is 2.28. The van der Waals surface area contributed by atoms with Gasteiger partial charge in [-0.05, 0) is 60.2 Å². The second kappa shape index (κ2) is 8.18. The third kappa shape index (κ3) is 4.01. The molecule has 0 fully saturated rings. The number of carbonyl (C=O) groups is 1. The van der Waals surface area contributed by atoms with Crippen molar-refractivity contribution in [3.63, 3.8) is 0 Å². The molecule has 0 saturated carbocycles. The van der Waals surface area contributed by atoms with Crippen molar-refractivity contribution >= 4 is 46.2 Å². The van der Waals surface area contributed by atoms with Crippen LogP contribution in [0.2, 0.25) is 10.0 Å². The number of hydrogen-bond donors (Lipinski definition) is 1. The summed E-state index contributed by atoms with van der Waals surface area (Å²) in [5, 5.41) is 15.5. The van der Waals surface area contributed by atoms with E-state index in [1.54, 1.807) is 71.6 Å². The number of amides is 1. The van der Waals surface area contributed by atoms with E-state index in [1.165, 1.54) is 12.1 Å². The molecule has 0 saturated heterocycles. The van der Waals surface area contributed by atoms with E-state index in [4.69, 9.17) is 23.2 Å². The predicted octanol–water partition coefficient (Wildman–Crippen LogP) is 5.99. The summed E-state index contributed by atoms with van der Waals surface area (Å²) in [6.45, 7) is 0. The van der Waals surface area contributed by atoms with Crippen molar-refractivity contribution in [2.24, 2.45) is 0 Å². The van der Waals surface area contributed by atoms with Gasteiger partial charge in [0.25, 0.3) is 11.6 Å². The molecule has 4 rings (SSSR count). The highest BCUT2D eigenvalue weighted by Gasteiger charge is 2.35. The largest absolute Gasteiger partial charge is 0.351 e. The molecule has 1 N–H and O–H groups in total. The van der Waals surface area contributed by atoms with Gasteiger partial charge in [0.05, 0.1) is 11.0 Å². The summed E-state index contributed by atoms with van der Waals surface area (Å²) in [4.78, 5) is 25.6. The standard InChI is InChI=1S/C22H15Cl2N3O3/c23-15-4-8-17(9-5-15)25-20-13-21(14-2-1-3-19(12-14)27(29)30)26(22(20)28)18-10-6-16(24)7-11-18/h1-13,21,25H/t21-/m0/s1. The number of nitrogens with one attached hydrogen (secondary N) is 1. The Kier molecular flexibility index (Phi) is 5.44. The smallest absolute Gasteiger partial charge is 0.275 e. The fraction of sp³-hybridized carbons (Fsp3) is 0.0455. The molecule has 1 heterocycles. The zero-order valence-corrected chi connectivity index (χ0v) is 17.0. The van der Waals surface area contributed by atoms with Crippen molar-refractivity contribution in [3.05, 3.63) is 110 Å². The van der Waals surface area contributed by atoms with Crippen molar-refractivity contribution in [1.82, 2.24) is 0 Å². The first kappa shape index (κ1) is 19.9. The maximum atomic E-state index is 13.3. The molecule has 6 nitrogen and oxygen atoms in total. The monoisotopic (exact) mass is 439 g/mol. The first-order valence-electron chi connectivity index (χ1n) is 9.00. The Labute approximate surface area is 182 Å². The minimum absolute atomic E-state index is 0.0384. The number of halogens is 2. The summed E-state index contributed by atoms with van der Waals surface area (Å²) in [6, 6.07) is 19.6. The lowest BCUT2D eigenvalue weighted by molar-refractivity contribution is -0.384. The minimum atomic E-state index is -0.520. The average molecular weight is 440 g/mol. The highest BCUT2D eigenvalue weighted by Crippen LogP contribution is 2.37. The number of nitro benzene ring substituents is 1. The molecule has 0 aromatic heterocycles. The molecule has 3 aromatic rings. The van der Waals surface area contributed by atoms with Crippen molar-refractivity contribution in [2.75, 3.05) is 10.2 Å². The molecular formula is C22H15Cl2N3O3. The Morgan fingerprint density at radius 3 is 2.20 bits per heavy atom. The normalized spacial score (nSPS) is 15.8. The Hall–Kier alpha value is -3.35. The van der Waals surface area contributed by atoms with Crippen LogP contribution in [0.4, 0.5) is 17.1 Å². The highest BCUT2D eigenvalue weighted by atomic mass is 35.5. The molecule has 0 spiro atoms. The Morgan fingerprint density at radius 1 is 0.933 bits per heavy atom. The van der Waals surface area contributed by atoms with Crippen LogP contribution < -0.4 is 10.2 Å². The van der Waals surface area contributed by atoms with E-state index >= 15 is 0 Å². The van der Waals surface area contributed by atoms with Gasteiger partial charge >= 0.3 is 0 Å². The third-order valence-corrected chi connectivity index (χ3v) is 5.21. The number of non-ortho nitro benzene ring substituents is 1. The fourth-order valence-electron chi connectivity index (χ4n) is 3.29. The molecule has 0 aliphatic carbocycles. The van der Waals surface area contributed by atoms with Gasteiger partial charge in [0.15, 0.2) is 0 Å². The lowest BCUT2D eigenvalue weighted by Gasteiger charge is -2.25. The van der Waals surface area contributed by atoms with Crippen LogP contribution in [-0.2, 0) is 4.79 Å². The predicted molar refractivity (Wildman–Crippen MR) is 118 cm³/mol. The Bertz CT molecular complexity index is 1150. The Morgan fingerprint density at radius 2 is 1.57 bits per heavy atom. The van der Waals surface area contributed by atoms with Gasteiger partial charge in [0, 0.05) is 33.6 Å². The molecule has 150 valence electrons. The van der Waals surface area contributed by atoms with E-state index in [0.29, 0.717) is 32.7 Å². The molecule has 1 aliphatic heterocycles. The molecule has 8 heteroatoms. The number of anilines is 2. The number of nitrogens with zero attached hydrogens (tertiary/aromatic N) is 2. The fourth-order valence-corrected chi connectivity index (χ4v) is 3.54.